The van der Waals surface area contributed by atoms with Crippen LogP contribution in [-0.2, 0) is 22.6 Å². The predicted octanol–water partition coefficient (Wildman–Crippen LogP) is -1.24. The van der Waals surface area contributed by atoms with E-state index in [1.807, 2.05) is 6.92 Å². The summed E-state index contributed by atoms with van der Waals surface area (Å²) in [6.07, 6.45) is 3.19. The number of amides is 2. The van der Waals surface area contributed by atoms with Gasteiger partial charge in [-0.15, -0.1) is 5.10 Å². The summed E-state index contributed by atoms with van der Waals surface area (Å²) >= 11 is 0. The van der Waals surface area contributed by atoms with Crippen molar-refractivity contribution < 1.29 is 9.59 Å². The van der Waals surface area contributed by atoms with E-state index in [2.05, 4.69) is 15.6 Å². The van der Waals surface area contributed by atoms with Crippen molar-refractivity contribution in [2.24, 2.45) is 5.73 Å². The van der Waals surface area contributed by atoms with Gasteiger partial charge in [-0.25, -0.2) is 4.68 Å². The summed E-state index contributed by atoms with van der Waals surface area (Å²) in [5, 5.41) is 10.5. The first-order valence-corrected chi connectivity index (χ1v) is 6.66. The van der Waals surface area contributed by atoms with Crippen molar-refractivity contribution in [3.8, 4) is 0 Å². The number of aromatic nitrogens is 3. The minimum absolute atomic E-state index is 0.0448. The maximum atomic E-state index is 11.9. The van der Waals surface area contributed by atoms with Crippen molar-refractivity contribution in [2.45, 2.75) is 26.3 Å². The minimum Gasteiger partial charge on any atom is -0.355 e. The van der Waals surface area contributed by atoms with Gasteiger partial charge < -0.3 is 16.0 Å². The highest BCUT2D eigenvalue weighted by Gasteiger charge is 2.14. The van der Waals surface area contributed by atoms with Crippen molar-refractivity contribution in [3.63, 3.8) is 0 Å². The van der Waals surface area contributed by atoms with E-state index >= 15 is 0 Å². The molecule has 1 aromatic rings. The summed E-state index contributed by atoms with van der Waals surface area (Å²) in [7, 11) is 1.59. The molecule has 0 bridgehead atoms. The lowest BCUT2D eigenvalue weighted by Crippen LogP contribution is -2.40. The summed E-state index contributed by atoms with van der Waals surface area (Å²) < 4.78 is 1.45. The lowest BCUT2D eigenvalue weighted by atomic mass is 10.3. The summed E-state index contributed by atoms with van der Waals surface area (Å²) in [6.45, 7) is 3.19. The lowest BCUT2D eigenvalue weighted by Gasteiger charge is -2.16. The van der Waals surface area contributed by atoms with E-state index in [-0.39, 0.29) is 24.9 Å². The number of hydrogen-bond donors (Lipinski definition) is 2. The van der Waals surface area contributed by atoms with Crippen LogP contribution in [0.15, 0.2) is 6.20 Å². The molecule has 2 amide bonds. The molecule has 1 aromatic heterocycles. The van der Waals surface area contributed by atoms with Crippen LogP contribution in [0.2, 0.25) is 0 Å². The molecule has 0 saturated carbocycles. The third-order valence-corrected chi connectivity index (χ3v) is 2.66. The number of carbonyl (C=O) groups excluding carboxylic acids is 2. The Bertz CT molecular complexity index is 445. The molecule has 3 N–H and O–H groups in total. The summed E-state index contributed by atoms with van der Waals surface area (Å²) in [4.78, 5) is 24.8. The van der Waals surface area contributed by atoms with Crippen LogP contribution in [0.3, 0.4) is 0 Å². The third-order valence-electron chi connectivity index (χ3n) is 2.66. The standard InChI is InChI=1S/C12H22N6O2/c1-3-6-14-11(19)8-17(2)12(20)9-18-7-10(4-5-13)15-16-18/h7H,3-6,8-9,13H2,1-2H3,(H,14,19). The molecule has 1 heterocycles. The van der Waals surface area contributed by atoms with Crippen LogP contribution < -0.4 is 11.1 Å². The van der Waals surface area contributed by atoms with Crippen LogP contribution >= 0.6 is 0 Å². The Balaban J connectivity index is 2.42. The molecule has 0 unspecified atom stereocenters. The molecule has 0 aliphatic carbocycles. The summed E-state index contributed by atoms with van der Waals surface area (Å²) in [5.74, 6) is -0.356. The van der Waals surface area contributed by atoms with Gasteiger partial charge in [0.1, 0.15) is 6.54 Å². The Morgan fingerprint density at radius 2 is 2.25 bits per heavy atom. The van der Waals surface area contributed by atoms with E-state index in [0.29, 0.717) is 19.5 Å². The molecule has 8 heteroatoms. The van der Waals surface area contributed by atoms with E-state index in [0.717, 1.165) is 12.1 Å². The van der Waals surface area contributed by atoms with Gasteiger partial charge in [0.25, 0.3) is 0 Å². The zero-order chi connectivity index (χ0) is 15.0. The number of nitrogens with two attached hydrogens (primary N) is 1. The second-order valence-electron chi connectivity index (χ2n) is 4.55. The second kappa shape index (κ2) is 8.26. The number of carbonyl (C=O) groups is 2. The molecular formula is C12H22N6O2. The lowest BCUT2D eigenvalue weighted by molar-refractivity contribution is -0.135. The molecule has 1 rings (SSSR count). The van der Waals surface area contributed by atoms with E-state index in [4.69, 9.17) is 5.73 Å². The molecular weight excluding hydrogens is 260 g/mol. The smallest absolute Gasteiger partial charge is 0.244 e. The minimum atomic E-state index is -0.194. The zero-order valence-electron chi connectivity index (χ0n) is 12.0. The Morgan fingerprint density at radius 1 is 1.50 bits per heavy atom. The van der Waals surface area contributed by atoms with Gasteiger partial charge in [0, 0.05) is 26.2 Å². The Kier molecular flexibility index (Phi) is 6.65. The van der Waals surface area contributed by atoms with Crippen molar-refractivity contribution in [3.05, 3.63) is 11.9 Å². The number of nitrogens with one attached hydrogen (secondary N) is 1. The van der Waals surface area contributed by atoms with E-state index in [1.165, 1.54) is 9.58 Å². The molecule has 0 aromatic carbocycles. The van der Waals surface area contributed by atoms with Gasteiger partial charge in [0.2, 0.25) is 11.8 Å². The van der Waals surface area contributed by atoms with Crippen molar-refractivity contribution in [2.75, 3.05) is 26.7 Å². The number of hydrogen-bond acceptors (Lipinski definition) is 5. The van der Waals surface area contributed by atoms with E-state index < -0.39 is 0 Å². The fourth-order valence-electron chi connectivity index (χ4n) is 1.56. The third kappa shape index (κ3) is 5.35. The number of likely N-dealkylation sites (N-methyl/N-ethyl adjacent to an activating group) is 1. The van der Waals surface area contributed by atoms with Crippen LogP contribution in [-0.4, -0.2) is 58.4 Å². The van der Waals surface area contributed by atoms with Gasteiger partial charge >= 0.3 is 0 Å². The molecule has 0 atom stereocenters. The van der Waals surface area contributed by atoms with Crippen LogP contribution in [0.4, 0.5) is 0 Å². The molecule has 0 aliphatic heterocycles. The van der Waals surface area contributed by atoms with Crippen molar-refractivity contribution in [1.82, 2.24) is 25.2 Å². The van der Waals surface area contributed by atoms with Crippen LogP contribution in [0, 0.1) is 0 Å². The normalized spacial score (nSPS) is 10.3. The van der Waals surface area contributed by atoms with Crippen molar-refractivity contribution >= 4 is 11.8 Å². The van der Waals surface area contributed by atoms with Gasteiger partial charge in [-0.2, -0.15) is 0 Å². The fourth-order valence-corrected chi connectivity index (χ4v) is 1.56. The van der Waals surface area contributed by atoms with Crippen LogP contribution in [0.1, 0.15) is 19.0 Å². The average molecular weight is 282 g/mol. The highest BCUT2D eigenvalue weighted by Crippen LogP contribution is 1.95. The maximum Gasteiger partial charge on any atom is 0.244 e. The van der Waals surface area contributed by atoms with Gasteiger partial charge in [0.15, 0.2) is 0 Å². The fraction of sp³-hybridized carbons (Fsp3) is 0.667. The predicted molar refractivity (Wildman–Crippen MR) is 73.7 cm³/mol. The molecule has 0 spiro atoms. The number of nitrogens with zero attached hydrogens (tertiary/aromatic N) is 4. The summed E-state index contributed by atoms with van der Waals surface area (Å²) in [6, 6.07) is 0. The molecule has 8 nitrogen and oxygen atoms in total. The van der Waals surface area contributed by atoms with Crippen LogP contribution in [0.25, 0.3) is 0 Å². The Labute approximate surface area is 118 Å². The molecule has 0 aliphatic rings. The topological polar surface area (TPSA) is 106 Å². The Hall–Kier alpha value is -1.96. The first kappa shape index (κ1) is 16.1. The summed E-state index contributed by atoms with van der Waals surface area (Å²) in [5.41, 5.74) is 6.17. The molecule has 20 heavy (non-hydrogen) atoms. The largest absolute Gasteiger partial charge is 0.355 e. The van der Waals surface area contributed by atoms with E-state index in [1.54, 1.807) is 13.2 Å². The highest BCUT2D eigenvalue weighted by molar-refractivity contribution is 5.84. The van der Waals surface area contributed by atoms with Gasteiger partial charge in [-0.3, -0.25) is 9.59 Å². The zero-order valence-corrected chi connectivity index (χ0v) is 12.0. The number of rotatable bonds is 8. The monoisotopic (exact) mass is 282 g/mol. The molecule has 0 fully saturated rings. The quantitative estimate of drug-likeness (QED) is 0.620. The highest BCUT2D eigenvalue weighted by atomic mass is 16.2. The van der Waals surface area contributed by atoms with Gasteiger partial charge in [-0.05, 0) is 13.0 Å². The van der Waals surface area contributed by atoms with Crippen molar-refractivity contribution in [1.29, 1.82) is 0 Å². The van der Waals surface area contributed by atoms with Gasteiger partial charge in [0.05, 0.1) is 12.2 Å². The molecule has 112 valence electrons. The van der Waals surface area contributed by atoms with Crippen LogP contribution in [0.5, 0.6) is 0 Å². The first-order valence-electron chi connectivity index (χ1n) is 6.66. The molecule has 0 radical (unpaired) electrons. The first-order chi connectivity index (χ1) is 9.56. The maximum absolute atomic E-state index is 11.9. The molecule has 0 saturated heterocycles. The Morgan fingerprint density at radius 3 is 2.90 bits per heavy atom. The SMILES string of the molecule is CCCNC(=O)CN(C)C(=O)Cn1cc(CCN)nn1. The second-order valence-corrected chi connectivity index (χ2v) is 4.55. The average Bonchev–Trinajstić information content (AvgIpc) is 2.84. The van der Waals surface area contributed by atoms with Gasteiger partial charge in [-0.1, -0.05) is 12.1 Å². The van der Waals surface area contributed by atoms with E-state index in [9.17, 15) is 9.59 Å².